The van der Waals surface area contributed by atoms with E-state index in [-0.39, 0.29) is 28.4 Å². The van der Waals surface area contributed by atoms with Crippen LogP contribution in [-0.4, -0.2) is 58.1 Å². The van der Waals surface area contributed by atoms with E-state index in [0.29, 0.717) is 31.0 Å². The van der Waals surface area contributed by atoms with E-state index in [4.69, 9.17) is 19.2 Å². The summed E-state index contributed by atoms with van der Waals surface area (Å²) >= 11 is 0. The van der Waals surface area contributed by atoms with Gasteiger partial charge in [-0.25, -0.2) is 9.37 Å². The van der Waals surface area contributed by atoms with Crippen LogP contribution in [0.1, 0.15) is 55.2 Å². The number of halogens is 1. The number of nitrogens with zero attached hydrogens (tertiary/aromatic N) is 3. The third-order valence-electron chi connectivity index (χ3n) is 7.35. The molecule has 4 aliphatic rings. The van der Waals surface area contributed by atoms with Crippen LogP contribution < -0.4 is 15.6 Å². The van der Waals surface area contributed by atoms with Crippen LogP contribution in [0.3, 0.4) is 0 Å². The molecule has 0 radical (unpaired) electrons. The number of nitrogens with one attached hydrogen (secondary N) is 1. The topological polar surface area (TPSA) is 96.1 Å². The Bertz CT molecular complexity index is 1410. The zero-order valence-corrected chi connectivity index (χ0v) is 20.5. The molecule has 1 N–H and O–H groups in total. The van der Waals surface area contributed by atoms with Crippen LogP contribution in [0.15, 0.2) is 41.6 Å². The fourth-order valence-electron chi connectivity index (χ4n) is 5.63. The van der Waals surface area contributed by atoms with Crippen molar-refractivity contribution in [2.45, 2.75) is 62.4 Å². The van der Waals surface area contributed by atoms with Gasteiger partial charge in [0.15, 0.2) is 0 Å². The Morgan fingerprint density at radius 3 is 2.83 bits per heavy atom. The summed E-state index contributed by atoms with van der Waals surface area (Å²) < 4.78 is 34.0. The number of fused-ring (bicyclic) bond motifs is 2. The van der Waals surface area contributed by atoms with Crippen molar-refractivity contribution in [2.24, 2.45) is 0 Å². The van der Waals surface area contributed by atoms with Crippen LogP contribution in [0.25, 0.3) is 5.65 Å². The number of aromatic nitrogens is 3. The van der Waals surface area contributed by atoms with Gasteiger partial charge in [-0.1, -0.05) is 0 Å². The lowest BCUT2D eigenvalue weighted by molar-refractivity contribution is -0.0614. The fourth-order valence-corrected chi connectivity index (χ4v) is 5.63. The highest BCUT2D eigenvalue weighted by atomic mass is 19.1. The largest absolute Gasteiger partial charge is 0.490 e. The average Bonchev–Trinajstić information content (AvgIpc) is 3.13. The molecule has 3 aromatic heterocycles. The summed E-state index contributed by atoms with van der Waals surface area (Å²) in [5.74, 6) is -0.118. The first-order valence-electron chi connectivity index (χ1n) is 12.2. The van der Waals surface area contributed by atoms with Crippen molar-refractivity contribution >= 4 is 17.2 Å². The highest BCUT2D eigenvalue weighted by molar-refractivity contribution is 6.06. The van der Waals surface area contributed by atoms with E-state index >= 15 is 0 Å². The molecule has 2 saturated carbocycles. The van der Waals surface area contributed by atoms with Crippen molar-refractivity contribution in [3.63, 3.8) is 0 Å². The van der Waals surface area contributed by atoms with Crippen molar-refractivity contribution in [3.8, 4) is 5.75 Å². The molecule has 2 saturated heterocycles. The number of imidazole rings is 1. The second-order valence-electron chi connectivity index (χ2n) is 10.6. The zero-order valence-electron chi connectivity index (χ0n) is 20.5. The van der Waals surface area contributed by atoms with Gasteiger partial charge in [-0.05, 0) is 38.8 Å². The summed E-state index contributed by atoms with van der Waals surface area (Å²) in [6.45, 7) is 4.90. The molecular weight excluding hydrogens is 467 g/mol. The van der Waals surface area contributed by atoms with Crippen LogP contribution >= 0.6 is 0 Å². The minimum absolute atomic E-state index is 0.0921. The van der Waals surface area contributed by atoms with E-state index in [2.05, 4.69) is 5.32 Å². The summed E-state index contributed by atoms with van der Waals surface area (Å²) in [6.07, 6.45) is 5.94. The Balaban J connectivity index is 1.32. The van der Waals surface area contributed by atoms with E-state index in [9.17, 15) is 14.0 Å². The molecule has 3 aromatic rings. The molecule has 2 aliphatic heterocycles. The molecule has 2 bridgehead atoms. The van der Waals surface area contributed by atoms with Gasteiger partial charge < -0.3 is 28.5 Å². The van der Waals surface area contributed by atoms with E-state index in [1.54, 1.807) is 31.6 Å². The molecule has 2 atom stereocenters. The maximum atomic E-state index is 13.5. The molecule has 0 aromatic carbocycles. The first-order valence-corrected chi connectivity index (χ1v) is 12.2. The maximum absolute atomic E-state index is 13.5. The Kier molecular flexibility index (Phi) is 5.24. The van der Waals surface area contributed by atoms with E-state index in [0.717, 1.165) is 18.5 Å². The van der Waals surface area contributed by atoms with Gasteiger partial charge in [0.1, 0.15) is 23.3 Å². The normalized spacial score (nSPS) is 28.4. The Labute approximate surface area is 207 Å². The second-order valence-corrected chi connectivity index (χ2v) is 10.6. The minimum atomic E-state index is -1.03. The van der Waals surface area contributed by atoms with Gasteiger partial charge in [-0.2, -0.15) is 0 Å². The van der Waals surface area contributed by atoms with E-state index in [1.807, 2.05) is 24.4 Å². The van der Waals surface area contributed by atoms with Crippen molar-refractivity contribution < 1.29 is 23.4 Å². The summed E-state index contributed by atoms with van der Waals surface area (Å²) in [7, 11) is 1.68. The van der Waals surface area contributed by atoms with E-state index < -0.39 is 23.7 Å². The highest BCUT2D eigenvalue weighted by Gasteiger charge is 2.64. The molecule has 0 unspecified atom stereocenters. The second kappa shape index (κ2) is 8.14. The van der Waals surface area contributed by atoms with Crippen LogP contribution in [0.4, 0.5) is 10.1 Å². The van der Waals surface area contributed by atoms with Crippen LogP contribution in [0.5, 0.6) is 5.75 Å². The lowest BCUT2D eigenvalue weighted by Gasteiger charge is -2.43. The first kappa shape index (κ1) is 23.2. The van der Waals surface area contributed by atoms with E-state index in [1.165, 1.54) is 10.6 Å². The molecule has 4 fully saturated rings. The van der Waals surface area contributed by atoms with Gasteiger partial charge in [0.05, 0.1) is 42.2 Å². The Morgan fingerprint density at radius 2 is 2.14 bits per heavy atom. The molecular formula is C26H29FN4O5. The third-order valence-corrected chi connectivity index (χ3v) is 7.35. The van der Waals surface area contributed by atoms with Crippen LogP contribution in [-0.2, 0) is 14.9 Å². The number of alkyl halides is 1. The van der Waals surface area contributed by atoms with Gasteiger partial charge in [0.25, 0.3) is 11.5 Å². The monoisotopic (exact) mass is 496 g/mol. The van der Waals surface area contributed by atoms with Crippen molar-refractivity contribution in [2.75, 3.05) is 25.6 Å². The Morgan fingerprint density at radius 1 is 1.36 bits per heavy atom. The fraction of sp³-hybridized carbons (Fsp3) is 0.500. The molecule has 1 amide bonds. The molecule has 0 spiro atoms. The van der Waals surface area contributed by atoms with Gasteiger partial charge >= 0.3 is 0 Å². The van der Waals surface area contributed by atoms with Gasteiger partial charge in [-0.15, -0.1) is 0 Å². The van der Waals surface area contributed by atoms with Gasteiger partial charge in [0.2, 0.25) is 0 Å². The lowest BCUT2D eigenvalue weighted by Crippen LogP contribution is -2.49. The number of hydrogen-bond donors (Lipinski definition) is 1. The number of rotatable bonds is 8. The molecule has 190 valence electrons. The van der Waals surface area contributed by atoms with Crippen molar-refractivity contribution in [3.05, 3.63) is 58.4 Å². The zero-order chi connectivity index (χ0) is 25.2. The number of hydrogen-bond acceptors (Lipinski definition) is 6. The molecule has 10 heteroatoms. The van der Waals surface area contributed by atoms with Crippen molar-refractivity contribution in [1.82, 2.24) is 14.0 Å². The highest BCUT2D eigenvalue weighted by Crippen LogP contribution is 2.58. The predicted octanol–water partition coefficient (Wildman–Crippen LogP) is 3.27. The predicted molar refractivity (Wildman–Crippen MR) is 130 cm³/mol. The average molecular weight is 497 g/mol. The molecule has 2 aliphatic carbocycles. The number of carbonyl (C=O) groups is 1. The van der Waals surface area contributed by atoms with Gasteiger partial charge in [0, 0.05) is 43.6 Å². The Hall–Kier alpha value is -3.24. The third kappa shape index (κ3) is 3.70. The minimum Gasteiger partial charge on any atom is -0.490 e. The molecule has 36 heavy (non-hydrogen) atoms. The summed E-state index contributed by atoms with van der Waals surface area (Å²) in [6, 6.07) is 4.42. The van der Waals surface area contributed by atoms with Gasteiger partial charge in [-0.3, -0.25) is 9.59 Å². The number of amides is 1. The standard InChI is InChI=1S/C26H29FN4O5/c1-15(2)36-20-8-22-29-21(25-11-26(12-25,14-34-3)35-13-25)10-30(22)9-16(20)23(32)28-18-5-4-6-31(24(18)33)19-7-17(19)27/h4-6,8-10,15,17,19H,7,11-14H2,1-3H3,(H,28,32)/t17-,19+,25?,26?/m0/s1. The first-order chi connectivity index (χ1) is 17.2. The lowest BCUT2D eigenvalue weighted by atomic mass is 9.61. The number of carbonyl (C=O) groups excluding carboxylic acids is 1. The number of ether oxygens (including phenoxy) is 3. The van der Waals surface area contributed by atoms with Crippen molar-refractivity contribution in [1.29, 1.82) is 0 Å². The number of anilines is 1. The number of pyridine rings is 2. The summed E-state index contributed by atoms with van der Waals surface area (Å²) in [4.78, 5) is 31.0. The summed E-state index contributed by atoms with van der Waals surface area (Å²) in [5, 5.41) is 2.70. The molecule has 5 heterocycles. The summed E-state index contributed by atoms with van der Waals surface area (Å²) in [5.41, 5.74) is 1.12. The van der Waals surface area contributed by atoms with Crippen LogP contribution in [0, 0.1) is 0 Å². The number of methoxy groups -OCH3 is 1. The molecule has 7 rings (SSSR count). The van der Waals surface area contributed by atoms with Crippen LogP contribution in [0.2, 0.25) is 0 Å². The smallest absolute Gasteiger partial charge is 0.274 e. The molecule has 9 nitrogen and oxygen atoms in total. The SMILES string of the molecule is COCC12CC(c3cn4cc(C(=O)Nc5cccn([C@@H]6C[C@@H]6F)c5=O)c(OC(C)C)cc4n3)(CO1)C2. The maximum Gasteiger partial charge on any atom is 0.274 e. The quantitative estimate of drug-likeness (QED) is 0.514.